The van der Waals surface area contributed by atoms with E-state index in [1.165, 1.54) is 25.2 Å². The summed E-state index contributed by atoms with van der Waals surface area (Å²) in [4.78, 5) is 24.7. The number of hydrogen-bond acceptors (Lipinski definition) is 5. The van der Waals surface area contributed by atoms with Crippen LogP contribution in [0.25, 0.3) is 0 Å². The highest BCUT2D eigenvalue weighted by Gasteiger charge is 2.22. The second kappa shape index (κ2) is 9.80. The maximum absolute atomic E-state index is 14.3. The van der Waals surface area contributed by atoms with Gasteiger partial charge in [-0.15, -0.1) is 0 Å². The molecule has 0 aliphatic carbocycles. The molecule has 0 spiro atoms. The van der Waals surface area contributed by atoms with Gasteiger partial charge >= 0.3 is 0 Å². The fraction of sp³-hybridized carbons (Fsp3) is 0.217. The van der Waals surface area contributed by atoms with Crippen molar-refractivity contribution < 1.29 is 19.0 Å². The highest BCUT2D eigenvalue weighted by Crippen LogP contribution is 2.34. The van der Waals surface area contributed by atoms with E-state index in [0.717, 1.165) is 10.6 Å². The number of carbonyl (C=O) groups excluding carboxylic acids is 1. The number of hydrogen-bond donors (Lipinski definition) is 3. The molecular weight excluding hydrogens is 401 g/mol. The number of ether oxygens (including phenoxy) is 1. The average Bonchev–Trinajstić information content (AvgIpc) is 2.72. The van der Waals surface area contributed by atoms with Crippen molar-refractivity contribution in [3.63, 3.8) is 0 Å². The van der Waals surface area contributed by atoms with Gasteiger partial charge in [-0.05, 0) is 43.7 Å². The number of aromatic hydroxyl groups is 1. The minimum atomic E-state index is -0.872. The number of anilines is 2. The quantitative estimate of drug-likeness (QED) is 0.556. The van der Waals surface area contributed by atoms with Crippen LogP contribution >= 0.6 is 0 Å². The van der Waals surface area contributed by atoms with Crippen molar-refractivity contribution in [3.8, 4) is 17.2 Å². The van der Waals surface area contributed by atoms with Gasteiger partial charge in [0.2, 0.25) is 0 Å². The molecule has 4 N–H and O–H groups in total. The lowest BCUT2D eigenvalue weighted by Gasteiger charge is -2.19. The topological polar surface area (TPSA) is 107 Å². The van der Waals surface area contributed by atoms with Gasteiger partial charge in [-0.25, -0.2) is 4.39 Å². The maximum atomic E-state index is 14.3. The molecule has 0 fully saturated rings. The van der Waals surface area contributed by atoms with Crippen LogP contribution < -0.4 is 21.3 Å². The standard InChI is InChI=1S/C21H20FN3O4.C2H6/c1-11-7-8-14(13(22)9-11)24-21-19(20(23)28)17(10-18(27)25(21)3)29-16-6-4-5-15(26)12(16)2;1-2/h4-10,24,26H,1-3H3,(H2,23,28);1-2H3. The summed E-state index contributed by atoms with van der Waals surface area (Å²) in [6.07, 6.45) is 0. The molecule has 3 aromatic rings. The molecule has 1 aromatic heterocycles. The molecule has 164 valence electrons. The Morgan fingerprint density at radius 2 is 1.81 bits per heavy atom. The van der Waals surface area contributed by atoms with Gasteiger partial charge in [-0.1, -0.05) is 26.0 Å². The molecule has 0 unspecified atom stereocenters. The maximum Gasteiger partial charge on any atom is 0.256 e. The minimum Gasteiger partial charge on any atom is -0.508 e. The van der Waals surface area contributed by atoms with Crippen LogP contribution in [0.15, 0.2) is 47.3 Å². The van der Waals surface area contributed by atoms with Crippen molar-refractivity contribution in [1.82, 2.24) is 4.57 Å². The third-order valence-electron chi connectivity index (χ3n) is 4.50. The SMILES string of the molecule is CC.Cc1ccc(Nc2c(C(N)=O)c(Oc3cccc(O)c3C)cc(=O)n2C)c(F)c1. The molecule has 1 heterocycles. The predicted molar refractivity (Wildman–Crippen MR) is 119 cm³/mol. The van der Waals surface area contributed by atoms with Gasteiger partial charge in [0.15, 0.2) is 0 Å². The third kappa shape index (κ3) is 5.03. The van der Waals surface area contributed by atoms with E-state index in [0.29, 0.717) is 11.1 Å². The molecule has 7 nitrogen and oxygen atoms in total. The van der Waals surface area contributed by atoms with Gasteiger partial charge < -0.3 is 20.9 Å². The number of halogens is 1. The molecule has 2 aromatic carbocycles. The fourth-order valence-electron chi connectivity index (χ4n) is 2.82. The first-order valence-electron chi connectivity index (χ1n) is 9.72. The predicted octanol–water partition coefficient (Wildman–Crippen LogP) is 4.51. The minimum absolute atomic E-state index is 0.00738. The van der Waals surface area contributed by atoms with E-state index in [4.69, 9.17) is 10.5 Å². The summed E-state index contributed by atoms with van der Waals surface area (Å²) >= 11 is 0. The van der Waals surface area contributed by atoms with Gasteiger partial charge in [0, 0.05) is 18.7 Å². The summed E-state index contributed by atoms with van der Waals surface area (Å²) in [6, 6.07) is 10.2. The zero-order chi connectivity index (χ0) is 23.3. The van der Waals surface area contributed by atoms with Crippen molar-refractivity contribution in [1.29, 1.82) is 0 Å². The number of phenols is 1. The third-order valence-corrected chi connectivity index (χ3v) is 4.50. The zero-order valence-electron chi connectivity index (χ0n) is 18.1. The Morgan fingerprint density at radius 1 is 1.13 bits per heavy atom. The number of nitrogens with zero attached hydrogens (tertiary/aromatic N) is 1. The normalized spacial score (nSPS) is 10.1. The molecule has 0 radical (unpaired) electrons. The summed E-state index contributed by atoms with van der Waals surface area (Å²) < 4.78 is 21.2. The highest BCUT2D eigenvalue weighted by molar-refractivity contribution is 6.01. The van der Waals surface area contributed by atoms with Crippen molar-refractivity contribution in [3.05, 3.63) is 75.3 Å². The second-order valence-electron chi connectivity index (χ2n) is 6.60. The first kappa shape index (κ1) is 23.5. The molecular formula is C23H26FN3O4. The van der Waals surface area contributed by atoms with Crippen molar-refractivity contribution >= 4 is 17.4 Å². The van der Waals surface area contributed by atoms with Gasteiger partial charge in [-0.3, -0.25) is 14.2 Å². The number of carbonyl (C=O) groups is 1. The van der Waals surface area contributed by atoms with Crippen LogP contribution in [0.5, 0.6) is 17.2 Å². The molecule has 0 aliphatic rings. The van der Waals surface area contributed by atoms with Crippen LogP contribution in [0.1, 0.15) is 35.3 Å². The van der Waals surface area contributed by atoms with Crippen LogP contribution in [0.4, 0.5) is 15.9 Å². The van der Waals surface area contributed by atoms with E-state index in [-0.39, 0.29) is 34.3 Å². The number of primary amides is 1. The first-order chi connectivity index (χ1) is 14.7. The number of aryl methyl sites for hydroxylation is 1. The van der Waals surface area contributed by atoms with Crippen molar-refractivity contribution in [2.45, 2.75) is 27.7 Å². The Hall–Kier alpha value is -3.81. The number of nitrogens with two attached hydrogens (primary N) is 1. The Labute approximate surface area is 179 Å². The van der Waals surface area contributed by atoms with Crippen molar-refractivity contribution in [2.24, 2.45) is 12.8 Å². The van der Waals surface area contributed by atoms with Gasteiger partial charge in [0.25, 0.3) is 11.5 Å². The van der Waals surface area contributed by atoms with Crippen LogP contribution in [-0.4, -0.2) is 15.6 Å². The Bertz CT molecular complexity index is 1170. The van der Waals surface area contributed by atoms with Crippen LogP contribution in [0.2, 0.25) is 0 Å². The van der Waals surface area contributed by atoms with E-state index in [9.17, 15) is 19.1 Å². The first-order valence-corrected chi connectivity index (χ1v) is 9.72. The molecule has 1 amide bonds. The highest BCUT2D eigenvalue weighted by atomic mass is 19.1. The number of benzene rings is 2. The van der Waals surface area contributed by atoms with E-state index >= 15 is 0 Å². The molecule has 8 heteroatoms. The number of rotatable bonds is 5. The Balaban J connectivity index is 0.00000166. The van der Waals surface area contributed by atoms with Crippen molar-refractivity contribution in [2.75, 3.05) is 5.32 Å². The van der Waals surface area contributed by atoms with Gasteiger partial charge in [-0.2, -0.15) is 0 Å². The molecule has 0 saturated carbocycles. The summed E-state index contributed by atoms with van der Waals surface area (Å²) in [5, 5.41) is 12.6. The smallest absolute Gasteiger partial charge is 0.256 e. The fourth-order valence-corrected chi connectivity index (χ4v) is 2.82. The molecule has 0 saturated heterocycles. The van der Waals surface area contributed by atoms with E-state index in [1.54, 1.807) is 32.0 Å². The summed E-state index contributed by atoms with van der Waals surface area (Å²) in [5.74, 6) is -1.31. The summed E-state index contributed by atoms with van der Waals surface area (Å²) in [6.45, 7) is 7.36. The summed E-state index contributed by atoms with van der Waals surface area (Å²) in [7, 11) is 1.42. The number of pyridine rings is 1. The largest absolute Gasteiger partial charge is 0.508 e. The lowest BCUT2D eigenvalue weighted by atomic mass is 10.1. The van der Waals surface area contributed by atoms with E-state index in [2.05, 4.69) is 5.32 Å². The number of nitrogens with one attached hydrogen (secondary N) is 1. The second-order valence-corrected chi connectivity index (χ2v) is 6.60. The van der Waals surface area contributed by atoms with Crippen LogP contribution in [0.3, 0.4) is 0 Å². The molecule has 31 heavy (non-hydrogen) atoms. The zero-order valence-corrected chi connectivity index (χ0v) is 18.1. The Morgan fingerprint density at radius 3 is 2.42 bits per heavy atom. The Kier molecular flexibility index (Phi) is 7.42. The molecule has 0 atom stereocenters. The van der Waals surface area contributed by atoms with Gasteiger partial charge in [0.05, 0.1) is 5.69 Å². The molecule has 3 rings (SSSR count). The van der Waals surface area contributed by atoms with Crippen LogP contribution in [0, 0.1) is 19.7 Å². The number of phenolic OH excluding ortho intramolecular Hbond substituents is 1. The average molecular weight is 427 g/mol. The molecule has 0 aliphatic heterocycles. The molecule has 0 bridgehead atoms. The number of aromatic nitrogens is 1. The van der Waals surface area contributed by atoms with Crippen LogP contribution in [-0.2, 0) is 7.05 Å². The van der Waals surface area contributed by atoms with E-state index < -0.39 is 17.3 Å². The van der Waals surface area contributed by atoms with Gasteiger partial charge in [0.1, 0.15) is 34.4 Å². The summed E-state index contributed by atoms with van der Waals surface area (Å²) in [5.41, 5.74) is 6.13. The lowest BCUT2D eigenvalue weighted by molar-refractivity contribution is 0.0998. The van der Waals surface area contributed by atoms with E-state index in [1.807, 2.05) is 13.8 Å². The lowest BCUT2D eigenvalue weighted by Crippen LogP contribution is -2.25. The monoisotopic (exact) mass is 427 g/mol. The number of amides is 1.